The number of aliphatic hydroxyl groups is 1. The molecule has 4 N–H and O–H groups in total. The predicted molar refractivity (Wildman–Crippen MR) is 100 cm³/mol. The number of hydrogen-bond donors (Lipinski definition) is 3. The van der Waals surface area contributed by atoms with E-state index >= 15 is 0 Å². The third-order valence-electron chi connectivity index (χ3n) is 3.74. The van der Waals surface area contributed by atoms with Gasteiger partial charge in [-0.25, -0.2) is 18.4 Å². The Labute approximate surface area is 151 Å². The highest BCUT2D eigenvalue weighted by molar-refractivity contribution is 7.90. The highest BCUT2D eigenvalue weighted by Crippen LogP contribution is 2.24. The lowest BCUT2D eigenvalue weighted by molar-refractivity contribution is 0.204. The van der Waals surface area contributed by atoms with E-state index in [2.05, 4.69) is 15.3 Å². The standard InChI is InChI=1S/C18H18N4O3S/c1-26(24,25)14-9-7-12(8-10-14)15-11-20-17(19)16(22-15)18(23)21-13-5-3-2-4-6-13/h2-11,18,21,23H,1H3,(H2,19,20). The van der Waals surface area contributed by atoms with E-state index in [1.54, 1.807) is 24.3 Å². The molecule has 26 heavy (non-hydrogen) atoms. The number of aliphatic hydroxyl groups excluding tert-OH is 1. The fourth-order valence-corrected chi connectivity index (χ4v) is 3.02. The van der Waals surface area contributed by atoms with E-state index in [0.717, 1.165) is 6.26 Å². The molecule has 1 heterocycles. The zero-order chi connectivity index (χ0) is 18.7. The van der Waals surface area contributed by atoms with Crippen LogP contribution in [0.5, 0.6) is 0 Å². The first-order valence-corrected chi connectivity index (χ1v) is 9.66. The molecule has 0 bridgehead atoms. The number of nitrogen functional groups attached to an aromatic ring is 1. The first-order chi connectivity index (χ1) is 12.3. The SMILES string of the molecule is CS(=O)(=O)c1ccc(-c2cnc(N)c(C(O)Nc3ccccc3)n2)cc1. The molecule has 0 amide bonds. The number of aromatic nitrogens is 2. The van der Waals surface area contributed by atoms with Crippen molar-refractivity contribution in [2.45, 2.75) is 11.1 Å². The van der Waals surface area contributed by atoms with E-state index in [-0.39, 0.29) is 16.4 Å². The van der Waals surface area contributed by atoms with Gasteiger partial charge in [0.15, 0.2) is 16.1 Å². The van der Waals surface area contributed by atoms with E-state index in [1.165, 1.54) is 18.3 Å². The number of anilines is 2. The van der Waals surface area contributed by atoms with E-state index < -0.39 is 16.1 Å². The van der Waals surface area contributed by atoms with Crippen molar-refractivity contribution in [1.82, 2.24) is 9.97 Å². The van der Waals surface area contributed by atoms with Gasteiger partial charge < -0.3 is 16.2 Å². The quantitative estimate of drug-likeness (QED) is 0.589. The lowest BCUT2D eigenvalue weighted by Crippen LogP contribution is -2.15. The molecule has 0 saturated heterocycles. The molecule has 0 aliphatic heterocycles. The van der Waals surface area contributed by atoms with Crippen LogP contribution >= 0.6 is 0 Å². The van der Waals surface area contributed by atoms with Crippen LogP contribution in [0.2, 0.25) is 0 Å². The minimum Gasteiger partial charge on any atom is -0.382 e. The average molecular weight is 370 g/mol. The topological polar surface area (TPSA) is 118 Å². The molecule has 1 atom stereocenters. The van der Waals surface area contributed by atoms with Gasteiger partial charge in [-0.05, 0) is 24.3 Å². The summed E-state index contributed by atoms with van der Waals surface area (Å²) in [4.78, 5) is 8.69. The van der Waals surface area contributed by atoms with Gasteiger partial charge in [0.05, 0.1) is 16.8 Å². The maximum Gasteiger partial charge on any atom is 0.175 e. The van der Waals surface area contributed by atoms with Gasteiger partial charge in [0, 0.05) is 17.5 Å². The Balaban J connectivity index is 1.90. The van der Waals surface area contributed by atoms with Gasteiger partial charge in [-0.2, -0.15) is 0 Å². The van der Waals surface area contributed by atoms with Crippen LogP contribution in [0.4, 0.5) is 11.5 Å². The van der Waals surface area contributed by atoms with Crippen molar-refractivity contribution in [2.24, 2.45) is 0 Å². The fourth-order valence-electron chi connectivity index (χ4n) is 2.39. The average Bonchev–Trinajstić information content (AvgIpc) is 2.62. The molecule has 3 aromatic rings. The van der Waals surface area contributed by atoms with Gasteiger partial charge in [-0.1, -0.05) is 30.3 Å². The smallest absolute Gasteiger partial charge is 0.175 e. The molecule has 0 fully saturated rings. The number of nitrogens with one attached hydrogen (secondary N) is 1. The number of sulfone groups is 1. The second-order valence-corrected chi connectivity index (χ2v) is 7.75. The number of hydrogen-bond acceptors (Lipinski definition) is 7. The fraction of sp³-hybridized carbons (Fsp3) is 0.111. The second kappa shape index (κ2) is 7.11. The van der Waals surface area contributed by atoms with E-state index in [0.29, 0.717) is 16.9 Å². The van der Waals surface area contributed by atoms with Crippen LogP contribution in [0, 0.1) is 0 Å². The molecular weight excluding hydrogens is 352 g/mol. The predicted octanol–water partition coefficient (Wildman–Crippen LogP) is 2.23. The molecule has 0 saturated carbocycles. The first-order valence-electron chi connectivity index (χ1n) is 7.77. The summed E-state index contributed by atoms with van der Waals surface area (Å²) in [5, 5.41) is 13.3. The zero-order valence-electron chi connectivity index (χ0n) is 14.0. The maximum atomic E-state index is 11.6. The molecule has 2 aromatic carbocycles. The number of rotatable bonds is 5. The summed E-state index contributed by atoms with van der Waals surface area (Å²) in [6.45, 7) is 0. The third-order valence-corrected chi connectivity index (χ3v) is 4.87. The Kier molecular flexibility index (Phi) is 4.88. The van der Waals surface area contributed by atoms with Gasteiger partial charge >= 0.3 is 0 Å². The van der Waals surface area contributed by atoms with E-state index in [9.17, 15) is 13.5 Å². The zero-order valence-corrected chi connectivity index (χ0v) is 14.8. The highest BCUT2D eigenvalue weighted by Gasteiger charge is 2.16. The molecule has 1 unspecified atom stereocenters. The van der Waals surface area contributed by atoms with Crippen molar-refractivity contribution >= 4 is 21.3 Å². The minimum atomic E-state index is -3.27. The first kappa shape index (κ1) is 17.8. The van der Waals surface area contributed by atoms with Crippen molar-refractivity contribution in [2.75, 3.05) is 17.3 Å². The Morgan fingerprint density at radius 3 is 2.35 bits per heavy atom. The minimum absolute atomic E-state index is 0.109. The van der Waals surface area contributed by atoms with Crippen molar-refractivity contribution < 1.29 is 13.5 Å². The molecule has 0 spiro atoms. The van der Waals surface area contributed by atoms with Gasteiger partial charge in [-0.15, -0.1) is 0 Å². The Bertz CT molecular complexity index is 1010. The normalized spacial score (nSPS) is 12.5. The monoisotopic (exact) mass is 370 g/mol. The number of nitrogens with zero attached hydrogens (tertiary/aromatic N) is 2. The molecule has 7 nitrogen and oxygen atoms in total. The van der Waals surface area contributed by atoms with Crippen LogP contribution < -0.4 is 11.1 Å². The van der Waals surface area contributed by atoms with E-state index in [4.69, 9.17) is 5.73 Å². The molecule has 0 aliphatic carbocycles. The van der Waals surface area contributed by atoms with Gasteiger partial charge in [0.2, 0.25) is 0 Å². The summed E-state index contributed by atoms with van der Waals surface area (Å²) >= 11 is 0. The van der Waals surface area contributed by atoms with Crippen molar-refractivity contribution in [3.63, 3.8) is 0 Å². The van der Waals surface area contributed by atoms with Crippen LogP contribution in [0.15, 0.2) is 65.7 Å². The summed E-state index contributed by atoms with van der Waals surface area (Å²) < 4.78 is 23.1. The largest absolute Gasteiger partial charge is 0.382 e. The third kappa shape index (κ3) is 3.98. The lowest BCUT2D eigenvalue weighted by Gasteiger charge is -2.16. The molecule has 0 aliphatic rings. The van der Waals surface area contributed by atoms with Crippen molar-refractivity contribution in [1.29, 1.82) is 0 Å². The van der Waals surface area contributed by atoms with E-state index in [1.807, 2.05) is 18.2 Å². The molecule has 1 aromatic heterocycles. The second-order valence-electron chi connectivity index (χ2n) is 5.74. The maximum absolute atomic E-state index is 11.6. The summed E-state index contributed by atoms with van der Waals surface area (Å²) in [6.07, 6.45) is 1.48. The van der Waals surface area contributed by atoms with Crippen molar-refractivity contribution in [3.8, 4) is 11.3 Å². The Morgan fingerprint density at radius 1 is 1.08 bits per heavy atom. The van der Waals surface area contributed by atoms with Crippen LogP contribution in [-0.4, -0.2) is 29.7 Å². The van der Waals surface area contributed by atoms with Crippen LogP contribution in [0.1, 0.15) is 11.9 Å². The van der Waals surface area contributed by atoms with Crippen LogP contribution in [0.3, 0.4) is 0 Å². The molecule has 8 heteroatoms. The Hall–Kier alpha value is -2.97. The van der Waals surface area contributed by atoms with Gasteiger partial charge in [0.25, 0.3) is 0 Å². The van der Waals surface area contributed by atoms with Crippen molar-refractivity contribution in [3.05, 3.63) is 66.5 Å². The number of nitrogens with two attached hydrogens (primary N) is 1. The number of para-hydroxylation sites is 1. The van der Waals surface area contributed by atoms with Crippen LogP contribution in [0.25, 0.3) is 11.3 Å². The summed E-state index contributed by atoms with van der Waals surface area (Å²) in [6, 6.07) is 15.4. The van der Waals surface area contributed by atoms with Gasteiger partial charge in [0.1, 0.15) is 11.5 Å². The molecule has 0 radical (unpaired) electrons. The van der Waals surface area contributed by atoms with Crippen LogP contribution in [-0.2, 0) is 9.84 Å². The molecule has 3 rings (SSSR count). The highest BCUT2D eigenvalue weighted by atomic mass is 32.2. The molecule has 134 valence electrons. The summed E-state index contributed by atoms with van der Waals surface area (Å²) in [5.74, 6) is 0.109. The molecular formula is C18H18N4O3S. The lowest BCUT2D eigenvalue weighted by atomic mass is 10.1. The Morgan fingerprint density at radius 2 is 1.73 bits per heavy atom. The number of benzene rings is 2. The van der Waals surface area contributed by atoms with Gasteiger partial charge in [-0.3, -0.25) is 0 Å². The summed E-state index contributed by atoms with van der Waals surface area (Å²) in [5.41, 5.74) is 7.90. The summed E-state index contributed by atoms with van der Waals surface area (Å²) in [7, 11) is -3.27.